The summed E-state index contributed by atoms with van der Waals surface area (Å²) in [5.74, 6) is 1.85. The third-order valence-electron chi connectivity index (χ3n) is 4.20. The Balaban J connectivity index is 1.96. The van der Waals surface area contributed by atoms with E-state index in [1.165, 1.54) is 11.1 Å². The summed E-state index contributed by atoms with van der Waals surface area (Å²) in [6.45, 7) is 0. The number of fused-ring (bicyclic) bond motifs is 1. The van der Waals surface area contributed by atoms with Crippen molar-refractivity contribution in [2.24, 2.45) is 5.73 Å². The zero-order valence-corrected chi connectivity index (χ0v) is 13.7. The van der Waals surface area contributed by atoms with E-state index in [9.17, 15) is 0 Å². The van der Waals surface area contributed by atoms with Crippen molar-refractivity contribution in [1.29, 1.82) is 0 Å². The van der Waals surface area contributed by atoms with Crippen molar-refractivity contribution < 1.29 is 9.47 Å². The first kappa shape index (κ1) is 14.4. The van der Waals surface area contributed by atoms with Gasteiger partial charge in [-0.15, -0.1) is 0 Å². The number of nitrogens with two attached hydrogens (primary N) is 1. The minimum atomic E-state index is -0.0861. The molecule has 0 fully saturated rings. The van der Waals surface area contributed by atoms with Gasteiger partial charge in [0.15, 0.2) is 0 Å². The van der Waals surface area contributed by atoms with E-state index in [4.69, 9.17) is 15.2 Å². The van der Waals surface area contributed by atoms with Gasteiger partial charge in [0.25, 0.3) is 0 Å². The molecule has 0 aromatic heterocycles. The fourth-order valence-corrected chi connectivity index (χ4v) is 3.70. The van der Waals surface area contributed by atoms with Crippen LogP contribution in [0.15, 0.2) is 40.9 Å². The third-order valence-corrected chi connectivity index (χ3v) is 4.95. The Hall–Kier alpha value is -1.52. The largest absolute Gasteiger partial charge is 0.495 e. The van der Waals surface area contributed by atoms with Crippen molar-refractivity contribution in [2.75, 3.05) is 14.2 Å². The van der Waals surface area contributed by atoms with Crippen molar-refractivity contribution in [3.05, 3.63) is 57.6 Å². The maximum absolute atomic E-state index is 6.51. The normalized spacial score (nSPS) is 17.6. The Morgan fingerprint density at radius 2 is 1.90 bits per heavy atom. The van der Waals surface area contributed by atoms with Crippen LogP contribution < -0.4 is 15.2 Å². The lowest BCUT2D eigenvalue weighted by atomic mass is 9.72. The molecule has 3 rings (SSSR count). The van der Waals surface area contributed by atoms with Crippen molar-refractivity contribution >= 4 is 15.9 Å². The molecule has 2 aromatic rings. The van der Waals surface area contributed by atoms with Crippen molar-refractivity contribution in [3.8, 4) is 11.5 Å². The van der Waals surface area contributed by atoms with Gasteiger partial charge in [-0.3, -0.25) is 0 Å². The quantitative estimate of drug-likeness (QED) is 0.914. The zero-order valence-electron chi connectivity index (χ0n) is 12.1. The first-order valence-electron chi connectivity index (χ1n) is 6.91. The summed E-state index contributed by atoms with van der Waals surface area (Å²) in [6, 6.07) is 12.3. The number of methoxy groups -OCH3 is 2. The first-order chi connectivity index (χ1) is 10.2. The minimum absolute atomic E-state index is 0.0861. The molecule has 110 valence electrons. The van der Waals surface area contributed by atoms with E-state index >= 15 is 0 Å². The molecule has 4 heteroatoms. The summed E-state index contributed by atoms with van der Waals surface area (Å²) >= 11 is 3.54. The lowest BCUT2D eigenvalue weighted by molar-refractivity contribution is 0.378. The second-order valence-electron chi connectivity index (χ2n) is 5.24. The summed E-state index contributed by atoms with van der Waals surface area (Å²) in [5, 5.41) is 0. The van der Waals surface area contributed by atoms with Crippen molar-refractivity contribution in [1.82, 2.24) is 0 Å². The maximum Gasteiger partial charge on any atom is 0.141 e. The molecule has 0 heterocycles. The Bertz CT molecular complexity index is 672. The monoisotopic (exact) mass is 347 g/mol. The van der Waals surface area contributed by atoms with Crippen LogP contribution in [0.3, 0.4) is 0 Å². The number of rotatable bonds is 4. The Kier molecular flexibility index (Phi) is 3.91. The van der Waals surface area contributed by atoms with Crippen LogP contribution in [0, 0.1) is 0 Å². The molecular formula is C17H18BrNO2. The smallest absolute Gasteiger partial charge is 0.141 e. The molecule has 2 atom stereocenters. The molecule has 1 aliphatic rings. The topological polar surface area (TPSA) is 44.5 Å². The van der Waals surface area contributed by atoms with Gasteiger partial charge < -0.3 is 15.2 Å². The molecule has 2 N–H and O–H groups in total. The number of hydrogen-bond donors (Lipinski definition) is 1. The first-order valence-corrected chi connectivity index (χ1v) is 7.70. The van der Waals surface area contributed by atoms with Crippen molar-refractivity contribution in [2.45, 2.75) is 18.4 Å². The fraction of sp³-hybridized carbons (Fsp3) is 0.294. The lowest BCUT2D eigenvalue weighted by Crippen LogP contribution is -2.29. The van der Waals surface area contributed by atoms with Gasteiger partial charge >= 0.3 is 0 Å². The number of benzene rings is 2. The van der Waals surface area contributed by atoms with Crippen LogP contribution in [-0.4, -0.2) is 14.2 Å². The Morgan fingerprint density at radius 1 is 1.14 bits per heavy atom. The third kappa shape index (κ3) is 2.32. The molecule has 0 saturated carbocycles. The Morgan fingerprint density at radius 3 is 2.57 bits per heavy atom. The van der Waals surface area contributed by atoms with Crippen LogP contribution in [0.25, 0.3) is 0 Å². The SMILES string of the molecule is COc1ccc(C(N)C2Cc3ccccc32)c(OC)c1Br. The summed E-state index contributed by atoms with van der Waals surface area (Å²) < 4.78 is 11.7. The van der Waals surface area contributed by atoms with Gasteiger partial charge in [-0.1, -0.05) is 24.3 Å². The molecule has 2 unspecified atom stereocenters. The predicted molar refractivity (Wildman–Crippen MR) is 87.1 cm³/mol. The average Bonchev–Trinajstić information content (AvgIpc) is 2.48. The van der Waals surface area contributed by atoms with Gasteiger partial charge in [0.05, 0.1) is 14.2 Å². The number of hydrogen-bond acceptors (Lipinski definition) is 3. The number of halogens is 1. The summed E-state index contributed by atoms with van der Waals surface area (Å²) in [6.07, 6.45) is 1.02. The highest BCUT2D eigenvalue weighted by Gasteiger charge is 2.33. The molecular weight excluding hydrogens is 330 g/mol. The van der Waals surface area contributed by atoms with E-state index in [2.05, 4.69) is 40.2 Å². The van der Waals surface area contributed by atoms with Crippen molar-refractivity contribution in [3.63, 3.8) is 0 Å². The molecule has 0 radical (unpaired) electrons. The van der Waals surface area contributed by atoms with Gasteiger partial charge in [-0.25, -0.2) is 0 Å². The lowest BCUT2D eigenvalue weighted by Gasteiger charge is -2.35. The number of ether oxygens (including phenoxy) is 2. The van der Waals surface area contributed by atoms with E-state index in [-0.39, 0.29) is 6.04 Å². The van der Waals surface area contributed by atoms with E-state index in [1.807, 2.05) is 12.1 Å². The highest BCUT2D eigenvalue weighted by molar-refractivity contribution is 9.10. The van der Waals surface area contributed by atoms with Crippen LogP contribution in [-0.2, 0) is 6.42 Å². The second kappa shape index (κ2) is 5.70. The van der Waals surface area contributed by atoms with Crippen LogP contribution in [0.4, 0.5) is 0 Å². The van der Waals surface area contributed by atoms with Crippen LogP contribution >= 0.6 is 15.9 Å². The zero-order chi connectivity index (χ0) is 15.0. The predicted octanol–water partition coefficient (Wildman–Crippen LogP) is 3.81. The highest BCUT2D eigenvalue weighted by atomic mass is 79.9. The molecule has 3 nitrogen and oxygen atoms in total. The molecule has 0 spiro atoms. The van der Waals surface area contributed by atoms with Crippen LogP contribution in [0.1, 0.15) is 28.7 Å². The van der Waals surface area contributed by atoms with E-state index in [0.29, 0.717) is 5.92 Å². The summed E-state index contributed by atoms with van der Waals surface area (Å²) in [5.41, 5.74) is 10.3. The standard InChI is InChI=1S/C17H18BrNO2/c1-20-14-8-7-12(17(21-2)15(14)18)16(19)13-9-10-5-3-4-6-11(10)13/h3-8,13,16H,9,19H2,1-2H3. The maximum atomic E-state index is 6.51. The van der Waals surface area contributed by atoms with Gasteiger partial charge in [-0.2, -0.15) is 0 Å². The molecule has 0 saturated heterocycles. The van der Waals surface area contributed by atoms with E-state index in [1.54, 1.807) is 14.2 Å². The minimum Gasteiger partial charge on any atom is -0.495 e. The molecule has 0 bridgehead atoms. The second-order valence-corrected chi connectivity index (χ2v) is 6.03. The van der Waals surface area contributed by atoms with E-state index in [0.717, 1.165) is 28.0 Å². The summed E-state index contributed by atoms with van der Waals surface area (Å²) in [4.78, 5) is 0. The molecule has 21 heavy (non-hydrogen) atoms. The molecule has 1 aliphatic carbocycles. The Labute approximate surface area is 133 Å². The van der Waals surface area contributed by atoms with Gasteiger partial charge in [0, 0.05) is 17.5 Å². The van der Waals surface area contributed by atoms with Gasteiger partial charge in [-0.05, 0) is 45.6 Å². The van der Waals surface area contributed by atoms with Crippen LogP contribution in [0.2, 0.25) is 0 Å². The van der Waals surface area contributed by atoms with Gasteiger partial charge in [0.2, 0.25) is 0 Å². The van der Waals surface area contributed by atoms with Crippen LogP contribution in [0.5, 0.6) is 11.5 Å². The van der Waals surface area contributed by atoms with Gasteiger partial charge in [0.1, 0.15) is 16.0 Å². The average molecular weight is 348 g/mol. The highest BCUT2D eigenvalue weighted by Crippen LogP contribution is 2.47. The van der Waals surface area contributed by atoms with E-state index < -0.39 is 0 Å². The molecule has 0 amide bonds. The fourth-order valence-electron chi connectivity index (χ4n) is 3.02. The molecule has 0 aliphatic heterocycles. The molecule has 2 aromatic carbocycles. The summed E-state index contributed by atoms with van der Waals surface area (Å²) in [7, 11) is 3.30.